The first-order chi connectivity index (χ1) is 9.17. The topological polar surface area (TPSA) is 69.9 Å². The Morgan fingerprint density at radius 2 is 2.00 bits per heavy atom. The minimum Gasteiger partial charge on any atom is -0.359 e. The highest BCUT2D eigenvalue weighted by atomic mass is 16.5. The Morgan fingerprint density at radius 1 is 1.21 bits per heavy atom. The second kappa shape index (κ2) is 4.51. The standard InChI is InChI=1S/C14H16N4O/c1-9-3-13-14(4-10(9)2)18(8-16-13)7-12-5-11(6-15)17-19-12/h3-5,8H,6-7,15H2,1-2H3. The van der Waals surface area contributed by atoms with Crippen molar-refractivity contribution in [2.75, 3.05) is 0 Å². The average Bonchev–Trinajstić information content (AvgIpc) is 2.99. The van der Waals surface area contributed by atoms with Crippen LogP contribution in [0.1, 0.15) is 22.6 Å². The summed E-state index contributed by atoms with van der Waals surface area (Å²) in [6, 6.07) is 6.14. The van der Waals surface area contributed by atoms with Gasteiger partial charge >= 0.3 is 0 Å². The predicted molar refractivity (Wildman–Crippen MR) is 72.7 cm³/mol. The molecule has 0 fully saturated rings. The molecule has 0 aliphatic carbocycles. The molecule has 0 atom stereocenters. The molecule has 2 heterocycles. The van der Waals surface area contributed by atoms with E-state index in [-0.39, 0.29) is 0 Å². The lowest BCUT2D eigenvalue weighted by atomic mass is 10.1. The van der Waals surface area contributed by atoms with Gasteiger partial charge in [0.1, 0.15) is 0 Å². The van der Waals surface area contributed by atoms with Gasteiger partial charge < -0.3 is 14.8 Å². The molecule has 0 bridgehead atoms. The van der Waals surface area contributed by atoms with Gasteiger partial charge in [-0.05, 0) is 37.1 Å². The van der Waals surface area contributed by atoms with Gasteiger partial charge in [0.25, 0.3) is 0 Å². The van der Waals surface area contributed by atoms with Crippen molar-refractivity contribution in [3.8, 4) is 0 Å². The van der Waals surface area contributed by atoms with Crippen LogP contribution in [-0.4, -0.2) is 14.7 Å². The monoisotopic (exact) mass is 256 g/mol. The van der Waals surface area contributed by atoms with E-state index in [2.05, 4.69) is 40.7 Å². The Kier molecular flexibility index (Phi) is 2.83. The highest BCUT2D eigenvalue weighted by Gasteiger charge is 2.08. The largest absolute Gasteiger partial charge is 0.359 e. The van der Waals surface area contributed by atoms with E-state index in [0.717, 1.165) is 22.5 Å². The number of rotatable bonds is 3. The Balaban J connectivity index is 1.98. The van der Waals surface area contributed by atoms with Gasteiger partial charge in [0.15, 0.2) is 5.76 Å². The summed E-state index contributed by atoms with van der Waals surface area (Å²) in [6.07, 6.45) is 1.83. The molecule has 5 nitrogen and oxygen atoms in total. The van der Waals surface area contributed by atoms with Crippen molar-refractivity contribution >= 4 is 11.0 Å². The molecule has 98 valence electrons. The first-order valence-electron chi connectivity index (χ1n) is 6.24. The van der Waals surface area contributed by atoms with Crippen LogP contribution < -0.4 is 5.73 Å². The van der Waals surface area contributed by atoms with Crippen LogP contribution in [0.25, 0.3) is 11.0 Å². The molecule has 0 aliphatic heterocycles. The maximum atomic E-state index is 5.52. The van der Waals surface area contributed by atoms with Gasteiger partial charge in [0.2, 0.25) is 0 Å². The van der Waals surface area contributed by atoms with Crippen LogP contribution in [0, 0.1) is 13.8 Å². The Labute approximate surface area is 111 Å². The van der Waals surface area contributed by atoms with Gasteiger partial charge in [-0.2, -0.15) is 0 Å². The highest BCUT2D eigenvalue weighted by molar-refractivity contribution is 5.77. The van der Waals surface area contributed by atoms with Gasteiger partial charge in [0, 0.05) is 12.6 Å². The number of aromatic nitrogens is 3. The third kappa shape index (κ3) is 2.13. The van der Waals surface area contributed by atoms with E-state index in [1.165, 1.54) is 11.1 Å². The first kappa shape index (κ1) is 11.9. The van der Waals surface area contributed by atoms with Crippen molar-refractivity contribution in [2.24, 2.45) is 5.73 Å². The van der Waals surface area contributed by atoms with Crippen molar-refractivity contribution in [1.29, 1.82) is 0 Å². The Hall–Kier alpha value is -2.14. The van der Waals surface area contributed by atoms with E-state index in [0.29, 0.717) is 13.1 Å². The summed E-state index contributed by atoms with van der Waals surface area (Å²) in [6.45, 7) is 5.21. The first-order valence-corrected chi connectivity index (χ1v) is 6.24. The molecule has 19 heavy (non-hydrogen) atoms. The molecule has 2 N–H and O–H groups in total. The Morgan fingerprint density at radius 3 is 2.74 bits per heavy atom. The summed E-state index contributed by atoms with van der Waals surface area (Å²) in [4.78, 5) is 4.42. The molecule has 1 aromatic carbocycles. The molecule has 0 spiro atoms. The summed E-state index contributed by atoms with van der Waals surface area (Å²) in [5, 5.41) is 3.89. The summed E-state index contributed by atoms with van der Waals surface area (Å²) >= 11 is 0. The van der Waals surface area contributed by atoms with Gasteiger partial charge in [0.05, 0.1) is 29.6 Å². The normalized spacial score (nSPS) is 11.3. The van der Waals surface area contributed by atoms with E-state index in [9.17, 15) is 0 Å². The Bertz CT molecular complexity index is 726. The number of hydrogen-bond donors (Lipinski definition) is 1. The van der Waals surface area contributed by atoms with Gasteiger partial charge in [-0.3, -0.25) is 0 Å². The van der Waals surface area contributed by atoms with Crippen LogP contribution in [-0.2, 0) is 13.1 Å². The van der Waals surface area contributed by atoms with Crippen LogP contribution in [0.15, 0.2) is 29.0 Å². The smallest absolute Gasteiger partial charge is 0.156 e. The van der Waals surface area contributed by atoms with E-state index in [1.54, 1.807) is 0 Å². The van der Waals surface area contributed by atoms with E-state index in [1.807, 2.05) is 12.4 Å². The molecular weight excluding hydrogens is 240 g/mol. The van der Waals surface area contributed by atoms with E-state index >= 15 is 0 Å². The quantitative estimate of drug-likeness (QED) is 0.779. The zero-order valence-electron chi connectivity index (χ0n) is 11.1. The fourth-order valence-corrected chi connectivity index (χ4v) is 2.13. The number of imidazole rings is 1. The maximum Gasteiger partial charge on any atom is 0.156 e. The fourth-order valence-electron chi connectivity index (χ4n) is 2.13. The summed E-state index contributed by atoms with van der Waals surface area (Å²) in [7, 11) is 0. The lowest BCUT2D eigenvalue weighted by Gasteiger charge is -2.03. The van der Waals surface area contributed by atoms with Crippen LogP contribution in [0.2, 0.25) is 0 Å². The second-order valence-electron chi connectivity index (χ2n) is 4.79. The number of fused-ring (bicyclic) bond motifs is 1. The van der Waals surface area contributed by atoms with Crippen molar-refractivity contribution in [1.82, 2.24) is 14.7 Å². The van der Waals surface area contributed by atoms with Gasteiger partial charge in [-0.25, -0.2) is 4.98 Å². The molecule has 0 saturated heterocycles. The van der Waals surface area contributed by atoms with Crippen molar-refractivity contribution in [3.63, 3.8) is 0 Å². The number of nitrogens with two attached hydrogens (primary N) is 1. The van der Waals surface area contributed by atoms with Crippen molar-refractivity contribution < 1.29 is 4.52 Å². The molecule has 0 radical (unpaired) electrons. The molecule has 5 heteroatoms. The molecular formula is C14H16N4O. The van der Waals surface area contributed by atoms with E-state index in [4.69, 9.17) is 10.3 Å². The molecule has 0 amide bonds. The second-order valence-corrected chi connectivity index (χ2v) is 4.79. The van der Waals surface area contributed by atoms with Gasteiger partial charge in [-0.1, -0.05) is 5.16 Å². The van der Waals surface area contributed by atoms with Crippen LogP contribution in [0.3, 0.4) is 0 Å². The zero-order chi connectivity index (χ0) is 13.4. The lowest BCUT2D eigenvalue weighted by molar-refractivity contribution is 0.372. The molecule has 0 unspecified atom stereocenters. The molecule has 0 aliphatic rings. The van der Waals surface area contributed by atoms with Crippen LogP contribution in [0.4, 0.5) is 0 Å². The summed E-state index contributed by atoms with van der Waals surface area (Å²) < 4.78 is 7.31. The third-order valence-electron chi connectivity index (χ3n) is 3.38. The predicted octanol–water partition coefficient (Wildman–Crippen LogP) is 2.15. The fraction of sp³-hybridized carbons (Fsp3) is 0.286. The van der Waals surface area contributed by atoms with Crippen molar-refractivity contribution in [2.45, 2.75) is 26.9 Å². The minimum atomic E-state index is 0.395. The SMILES string of the molecule is Cc1cc2ncn(Cc3cc(CN)no3)c2cc1C. The molecule has 0 saturated carbocycles. The summed E-state index contributed by atoms with van der Waals surface area (Å²) in [5.74, 6) is 0.790. The van der Waals surface area contributed by atoms with Crippen LogP contribution in [0.5, 0.6) is 0 Å². The van der Waals surface area contributed by atoms with Crippen molar-refractivity contribution in [3.05, 3.63) is 47.1 Å². The van der Waals surface area contributed by atoms with E-state index < -0.39 is 0 Å². The number of benzene rings is 1. The lowest BCUT2D eigenvalue weighted by Crippen LogP contribution is -1.97. The molecule has 3 aromatic rings. The number of hydrogen-bond acceptors (Lipinski definition) is 4. The minimum absolute atomic E-state index is 0.395. The van der Waals surface area contributed by atoms with Gasteiger partial charge in [-0.15, -0.1) is 0 Å². The molecule has 3 rings (SSSR count). The highest BCUT2D eigenvalue weighted by Crippen LogP contribution is 2.19. The maximum absolute atomic E-state index is 5.52. The third-order valence-corrected chi connectivity index (χ3v) is 3.38. The number of nitrogens with zero attached hydrogens (tertiary/aromatic N) is 3. The zero-order valence-corrected chi connectivity index (χ0v) is 11.1. The number of aryl methyl sites for hydroxylation is 2. The average molecular weight is 256 g/mol. The molecule has 2 aromatic heterocycles. The summed E-state index contributed by atoms with van der Waals surface area (Å²) in [5.41, 5.74) is 10.9. The van der Waals surface area contributed by atoms with Crippen LogP contribution >= 0.6 is 0 Å².